The molecule has 1 aromatic carbocycles. The van der Waals surface area contributed by atoms with Crippen LogP contribution in [-0.2, 0) is 0 Å². The van der Waals surface area contributed by atoms with Gasteiger partial charge in [-0.3, -0.25) is 0 Å². The molecule has 11 heavy (non-hydrogen) atoms. The van der Waals surface area contributed by atoms with Crippen LogP contribution in [-0.4, -0.2) is 0 Å². The van der Waals surface area contributed by atoms with E-state index in [1.165, 1.54) is 12.1 Å². The Morgan fingerprint density at radius 1 is 1.55 bits per heavy atom. The van der Waals surface area contributed by atoms with E-state index >= 15 is 0 Å². The highest BCUT2D eigenvalue weighted by molar-refractivity contribution is 14.1. The first kappa shape index (κ1) is 8.94. The van der Waals surface area contributed by atoms with Crippen LogP contribution in [0.3, 0.4) is 0 Å². The lowest BCUT2D eigenvalue weighted by Crippen LogP contribution is -1.86. The van der Waals surface area contributed by atoms with Gasteiger partial charge in [0.1, 0.15) is 11.9 Å². The first-order valence-electron chi connectivity index (χ1n) is 2.70. The maximum Gasteiger partial charge on any atom is 0.138 e. The summed E-state index contributed by atoms with van der Waals surface area (Å²) >= 11 is 4.96. The van der Waals surface area contributed by atoms with E-state index < -0.39 is 0 Å². The van der Waals surface area contributed by atoms with Crippen molar-refractivity contribution in [3.05, 3.63) is 31.6 Å². The van der Waals surface area contributed by atoms with Crippen LogP contribution in [0.2, 0.25) is 0 Å². The van der Waals surface area contributed by atoms with Crippen LogP contribution in [0.1, 0.15) is 5.56 Å². The van der Waals surface area contributed by atoms with Gasteiger partial charge in [-0.25, -0.2) is 4.39 Å². The SMILES string of the molecule is N#Cc1ccc(F)c(Br)c1I. The minimum Gasteiger partial charge on any atom is -0.206 e. The minimum absolute atomic E-state index is 0.339. The maximum atomic E-state index is 12.7. The Bertz CT molecular complexity index is 332. The summed E-state index contributed by atoms with van der Waals surface area (Å²) in [6.07, 6.45) is 0. The van der Waals surface area contributed by atoms with Gasteiger partial charge in [0.2, 0.25) is 0 Å². The van der Waals surface area contributed by atoms with Crippen molar-refractivity contribution in [2.45, 2.75) is 0 Å². The molecule has 0 fully saturated rings. The third kappa shape index (κ3) is 1.71. The van der Waals surface area contributed by atoms with Crippen molar-refractivity contribution in [2.24, 2.45) is 0 Å². The Hall–Kier alpha value is -0.150. The van der Waals surface area contributed by atoms with Gasteiger partial charge in [-0.05, 0) is 50.7 Å². The van der Waals surface area contributed by atoms with E-state index in [-0.39, 0.29) is 5.82 Å². The zero-order valence-corrected chi connectivity index (χ0v) is 8.98. The van der Waals surface area contributed by atoms with Gasteiger partial charge in [-0.1, -0.05) is 0 Å². The second-order valence-electron chi connectivity index (χ2n) is 1.83. The number of hydrogen-bond acceptors (Lipinski definition) is 1. The minimum atomic E-state index is -0.339. The molecule has 56 valence electrons. The zero-order chi connectivity index (χ0) is 8.43. The molecule has 0 aliphatic heterocycles. The summed E-state index contributed by atoms with van der Waals surface area (Å²) in [6, 6.07) is 4.69. The van der Waals surface area contributed by atoms with Crippen molar-refractivity contribution in [1.82, 2.24) is 0 Å². The van der Waals surface area contributed by atoms with Gasteiger partial charge in [-0.2, -0.15) is 5.26 Å². The van der Waals surface area contributed by atoms with Crippen LogP contribution in [0.25, 0.3) is 0 Å². The summed E-state index contributed by atoms with van der Waals surface area (Å²) in [7, 11) is 0. The molecule has 0 radical (unpaired) electrons. The van der Waals surface area contributed by atoms with Crippen LogP contribution >= 0.6 is 38.5 Å². The van der Waals surface area contributed by atoms with E-state index in [9.17, 15) is 4.39 Å². The van der Waals surface area contributed by atoms with Gasteiger partial charge in [0.05, 0.1) is 10.0 Å². The predicted octanol–water partition coefficient (Wildman–Crippen LogP) is 3.06. The largest absolute Gasteiger partial charge is 0.206 e. The quantitative estimate of drug-likeness (QED) is 0.531. The van der Waals surface area contributed by atoms with Crippen molar-refractivity contribution >= 4 is 38.5 Å². The highest BCUT2D eigenvalue weighted by Crippen LogP contribution is 2.24. The Kier molecular flexibility index (Phi) is 2.84. The predicted molar refractivity (Wildman–Crippen MR) is 51.5 cm³/mol. The van der Waals surface area contributed by atoms with E-state index in [0.717, 1.165) is 0 Å². The van der Waals surface area contributed by atoms with Crippen molar-refractivity contribution in [1.29, 1.82) is 5.26 Å². The molecule has 0 aromatic heterocycles. The second kappa shape index (κ2) is 3.50. The lowest BCUT2D eigenvalue weighted by Gasteiger charge is -1.98. The summed E-state index contributed by atoms with van der Waals surface area (Å²) in [5.41, 5.74) is 0.485. The molecule has 0 heterocycles. The standard InChI is InChI=1S/C7H2BrFIN/c8-6-5(9)2-1-4(3-11)7(6)10/h1-2H. The molecule has 0 saturated carbocycles. The molecule has 1 nitrogen and oxygen atoms in total. The van der Waals surface area contributed by atoms with Crippen LogP contribution in [0, 0.1) is 20.7 Å². The molecular weight excluding hydrogens is 324 g/mol. The summed E-state index contributed by atoms with van der Waals surface area (Å²) in [6.45, 7) is 0. The lowest BCUT2D eigenvalue weighted by molar-refractivity contribution is 0.619. The average molecular weight is 326 g/mol. The molecule has 0 saturated heterocycles. The third-order valence-electron chi connectivity index (χ3n) is 1.16. The smallest absolute Gasteiger partial charge is 0.138 e. The van der Waals surface area contributed by atoms with E-state index in [1.807, 2.05) is 28.7 Å². The van der Waals surface area contributed by atoms with Crippen LogP contribution in [0.5, 0.6) is 0 Å². The Morgan fingerprint density at radius 2 is 2.18 bits per heavy atom. The van der Waals surface area contributed by atoms with Crippen LogP contribution < -0.4 is 0 Å². The summed E-state index contributed by atoms with van der Waals surface area (Å²) in [5, 5.41) is 8.54. The molecule has 0 bridgehead atoms. The van der Waals surface area contributed by atoms with Crippen molar-refractivity contribution < 1.29 is 4.39 Å². The van der Waals surface area contributed by atoms with E-state index in [0.29, 0.717) is 13.6 Å². The lowest BCUT2D eigenvalue weighted by atomic mass is 10.2. The Labute approximate surface area is 85.5 Å². The molecule has 0 spiro atoms. The molecule has 0 unspecified atom stereocenters. The summed E-state index contributed by atoms with van der Waals surface area (Å²) in [4.78, 5) is 0. The van der Waals surface area contributed by atoms with Crippen molar-refractivity contribution in [3.8, 4) is 6.07 Å². The molecule has 0 aliphatic carbocycles. The van der Waals surface area contributed by atoms with E-state index in [4.69, 9.17) is 5.26 Å². The summed E-state index contributed by atoms with van der Waals surface area (Å²) in [5.74, 6) is -0.339. The molecule has 0 atom stereocenters. The Morgan fingerprint density at radius 3 is 2.73 bits per heavy atom. The van der Waals surface area contributed by atoms with Gasteiger partial charge in [0.25, 0.3) is 0 Å². The monoisotopic (exact) mass is 325 g/mol. The third-order valence-corrected chi connectivity index (χ3v) is 3.79. The maximum absolute atomic E-state index is 12.7. The molecule has 0 N–H and O–H groups in total. The number of halogens is 3. The number of nitriles is 1. The fraction of sp³-hybridized carbons (Fsp3) is 0. The van der Waals surface area contributed by atoms with Crippen LogP contribution in [0.15, 0.2) is 16.6 Å². The van der Waals surface area contributed by atoms with Gasteiger partial charge < -0.3 is 0 Å². The van der Waals surface area contributed by atoms with Gasteiger partial charge in [0.15, 0.2) is 0 Å². The topological polar surface area (TPSA) is 23.8 Å². The molecule has 4 heteroatoms. The van der Waals surface area contributed by atoms with Gasteiger partial charge >= 0.3 is 0 Å². The number of benzene rings is 1. The first-order valence-corrected chi connectivity index (χ1v) is 4.57. The fourth-order valence-electron chi connectivity index (χ4n) is 0.612. The highest BCUT2D eigenvalue weighted by atomic mass is 127. The Balaban J connectivity index is 3.40. The number of nitrogens with zero attached hydrogens (tertiary/aromatic N) is 1. The zero-order valence-electron chi connectivity index (χ0n) is 5.24. The van der Waals surface area contributed by atoms with E-state index in [1.54, 1.807) is 0 Å². The molecule has 1 aromatic rings. The van der Waals surface area contributed by atoms with Crippen molar-refractivity contribution in [3.63, 3.8) is 0 Å². The fourth-order valence-corrected chi connectivity index (χ4v) is 1.52. The average Bonchev–Trinajstić information content (AvgIpc) is 2.01. The molecule has 1 rings (SSSR count). The molecule has 0 amide bonds. The van der Waals surface area contributed by atoms with E-state index in [2.05, 4.69) is 15.9 Å². The molecule has 0 aliphatic rings. The molecular formula is C7H2BrFIN. The number of rotatable bonds is 0. The second-order valence-corrected chi connectivity index (χ2v) is 3.71. The van der Waals surface area contributed by atoms with Gasteiger partial charge in [0, 0.05) is 3.57 Å². The number of hydrogen-bond donors (Lipinski definition) is 0. The highest BCUT2D eigenvalue weighted by Gasteiger charge is 2.07. The summed E-state index contributed by atoms with van der Waals surface area (Å²) < 4.78 is 13.7. The first-order chi connectivity index (χ1) is 5.16. The van der Waals surface area contributed by atoms with Gasteiger partial charge in [-0.15, -0.1) is 0 Å². The van der Waals surface area contributed by atoms with Crippen LogP contribution in [0.4, 0.5) is 4.39 Å². The normalized spacial score (nSPS) is 9.27. The van der Waals surface area contributed by atoms with Crippen molar-refractivity contribution in [2.75, 3.05) is 0 Å².